The summed E-state index contributed by atoms with van der Waals surface area (Å²) < 4.78 is 10.1. The number of aromatic amines is 1. The smallest absolute Gasteiger partial charge is 0.409 e. The Morgan fingerprint density at radius 2 is 1.97 bits per heavy atom. The number of carbonyl (C=O) groups is 1. The number of imidazole rings is 1. The number of amides is 1. The van der Waals surface area contributed by atoms with Gasteiger partial charge in [-0.25, -0.2) is 19.7 Å². The predicted octanol–water partition coefficient (Wildman–Crippen LogP) is 1.51. The van der Waals surface area contributed by atoms with Gasteiger partial charge in [0.05, 0.1) is 23.8 Å². The van der Waals surface area contributed by atoms with E-state index < -0.39 is 0 Å². The van der Waals surface area contributed by atoms with Crippen LogP contribution in [0.15, 0.2) is 30.5 Å². The Morgan fingerprint density at radius 1 is 1.17 bits per heavy atom. The highest BCUT2D eigenvalue weighted by atomic mass is 16.6. The summed E-state index contributed by atoms with van der Waals surface area (Å²) in [6.45, 7) is 2.96. The van der Waals surface area contributed by atoms with Crippen LogP contribution >= 0.6 is 0 Å². The molecule has 2 aromatic heterocycles. The predicted molar refractivity (Wildman–Crippen MR) is 109 cm³/mol. The van der Waals surface area contributed by atoms with Gasteiger partial charge in [-0.05, 0) is 12.1 Å². The number of carbonyl (C=O) groups excluding carboxylic acids is 1. The van der Waals surface area contributed by atoms with E-state index in [0.29, 0.717) is 55.9 Å². The summed E-state index contributed by atoms with van der Waals surface area (Å²) in [6.07, 6.45) is 1.32. The number of nitrogens with one attached hydrogen (secondary N) is 1. The van der Waals surface area contributed by atoms with Crippen LogP contribution in [-0.2, 0) is 9.47 Å². The van der Waals surface area contributed by atoms with Crippen molar-refractivity contribution in [2.24, 2.45) is 0 Å². The van der Waals surface area contributed by atoms with Gasteiger partial charge >= 0.3 is 6.09 Å². The van der Waals surface area contributed by atoms with Crippen LogP contribution in [0.2, 0.25) is 0 Å². The number of methoxy groups -OCH3 is 1. The molecular formula is C19H23N7O3. The van der Waals surface area contributed by atoms with Crippen molar-refractivity contribution in [1.82, 2.24) is 24.8 Å². The van der Waals surface area contributed by atoms with E-state index in [9.17, 15) is 4.79 Å². The molecule has 0 radical (unpaired) electrons. The van der Waals surface area contributed by atoms with Crippen molar-refractivity contribution in [2.45, 2.75) is 0 Å². The second-order valence-corrected chi connectivity index (χ2v) is 6.65. The quantitative estimate of drug-likeness (QED) is 0.621. The van der Waals surface area contributed by atoms with E-state index in [4.69, 9.17) is 15.2 Å². The zero-order valence-corrected chi connectivity index (χ0v) is 16.2. The lowest BCUT2D eigenvalue weighted by Gasteiger charge is -2.34. The fraction of sp³-hybridized carbons (Fsp3) is 0.368. The first-order valence-corrected chi connectivity index (χ1v) is 9.39. The van der Waals surface area contributed by atoms with Gasteiger partial charge in [0.2, 0.25) is 0 Å². The molecule has 10 nitrogen and oxygen atoms in total. The Kier molecular flexibility index (Phi) is 5.43. The van der Waals surface area contributed by atoms with Crippen molar-refractivity contribution < 1.29 is 14.3 Å². The van der Waals surface area contributed by atoms with Crippen molar-refractivity contribution in [3.63, 3.8) is 0 Å². The molecule has 1 aliphatic rings. The van der Waals surface area contributed by atoms with Gasteiger partial charge in [0.15, 0.2) is 17.3 Å². The topological polar surface area (TPSA) is 122 Å². The number of para-hydroxylation sites is 2. The number of piperazine rings is 1. The summed E-state index contributed by atoms with van der Waals surface area (Å²) in [5.74, 6) is 1.59. The second kappa shape index (κ2) is 8.31. The number of fused-ring (bicyclic) bond motifs is 1. The van der Waals surface area contributed by atoms with Gasteiger partial charge in [0, 0.05) is 33.3 Å². The Balaban J connectivity index is 1.46. The molecule has 152 valence electrons. The lowest BCUT2D eigenvalue weighted by atomic mass is 10.3. The number of benzene rings is 1. The van der Waals surface area contributed by atoms with Crippen molar-refractivity contribution in [3.05, 3.63) is 30.5 Å². The number of ether oxygens (including phenoxy) is 2. The molecular weight excluding hydrogens is 374 g/mol. The molecule has 1 aliphatic heterocycles. The van der Waals surface area contributed by atoms with Gasteiger partial charge < -0.3 is 30.0 Å². The summed E-state index contributed by atoms with van der Waals surface area (Å²) >= 11 is 0. The molecule has 3 aromatic rings. The number of aromatic nitrogens is 4. The molecule has 0 spiro atoms. The molecule has 0 bridgehead atoms. The summed E-state index contributed by atoms with van der Waals surface area (Å²) in [5.41, 5.74) is 8.33. The number of H-pyrrole nitrogens is 1. The minimum Gasteiger partial charge on any atom is -0.447 e. The van der Waals surface area contributed by atoms with Gasteiger partial charge in [0.1, 0.15) is 12.4 Å². The highest BCUT2D eigenvalue weighted by Crippen LogP contribution is 2.25. The molecule has 3 N–H and O–H groups in total. The molecule has 1 saturated heterocycles. The van der Waals surface area contributed by atoms with E-state index in [-0.39, 0.29) is 12.7 Å². The van der Waals surface area contributed by atoms with Gasteiger partial charge in [-0.3, -0.25) is 0 Å². The molecule has 1 fully saturated rings. The van der Waals surface area contributed by atoms with Crippen LogP contribution in [0.4, 0.5) is 16.4 Å². The number of anilines is 2. The van der Waals surface area contributed by atoms with Gasteiger partial charge in [-0.1, -0.05) is 12.1 Å². The molecule has 1 amide bonds. The number of rotatable bonds is 5. The average molecular weight is 397 g/mol. The van der Waals surface area contributed by atoms with Gasteiger partial charge in [0.25, 0.3) is 0 Å². The normalized spacial score (nSPS) is 14.4. The van der Waals surface area contributed by atoms with Crippen LogP contribution in [0.5, 0.6) is 0 Å². The number of nitrogens with two attached hydrogens (primary N) is 1. The SMILES string of the molecule is COCCOC(=O)N1CCN(c2cnc(N)c(-c3nc4ccccc4[nH]3)n2)CC1. The van der Waals surface area contributed by atoms with Crippen molar-refractivity contribution in [2.75, 3.05) is 57.1 Å². The first-order valence-electron chi connectivity index (χ1n) is 9.39. The summed E-state index contributed by atoms with van der Waals surface area (Å²) in [4.78, 5) is 32.6. The fourth-order valence-corrected chi connectivity index (χ4v) is 3.20. The van der Waals surface area contributed by atoms with Crippen LogP contribution in [0.3, 0.4) is 0 Å². The third-order valence-electron chi connectivity index (χ3n) is 4.78. The summed E-state index contributed by atoms with van der Waals surface area (Å²) in [7, 11) is 1.57. The molecule has 0 aliphatic carbocycles. The molecule has 29 heavy (non-hydrogen) atoms. The maximum atomic E-state index is 12.1. The van der Waals surface area contributed by atoms with Crippen LogP contribution in [0.25, 0.3) is 22.6 Å². The Morgan fingerprint density at radius 3 is 2.72 bits per heavy atom. The van der Waals surface area contributed by atoms with E-state index in [1.165, 1.54) is 0 Å². The van der Waals surface area contributed by atoms with E-state index in [0.717, 1.165) is 11.0 Å². The molecule has 4 rings (SSSR count). The third kappa shape index (κ3) is 4.06. The van der Waals surface area contributed by atoms with E-state index in [1.54, 1.807) is 18.2 Å². The lowest BCUT2D eigenvalue weighted by Crippen LogP contribution is -2.49. The van der Waals surface area contributed by atoms with Crippen LogP contribution in [0.1, 0.15) is 0 Å². The van der Waals surface area contributed by atoms with Crippen molar-refractivity contribution in [3.8, 4) is 11.5 Å². The molecule has 1 aromatic carbocycles. The van der Waals surface area contributed by atoms with Gasteiger partial charge in [-0.15, -0.1) is 0 Å². The summed E-state index contributed by atoms with van der Waals surface area (Å²) in [5, 5.41) is 0. The Bertz CT molecular complexity index is 965. The number of nitrogen functional groups attached to an aromatic ring is 1. The summed E-state index contributed by atoms with van der Waals surface area (Å²) in [6, 6.07) is 7.74. The number of hydrogen-bond donors (Lipinski definition) is 2. The van der Waals surface area contributed by atoms with Crippen LogP contribution in [-0.4, -0.2) is 77.4 Å². The largest absolute Gasteiger partial charge is 0.447 e. The maximum absolute atomic E-state index is 12.1. The average Bonchev–Trinajstić information content (AvgIpc) is 3.18. The van der Waals surface area contributed by atoms with E-state index >= 15 is 0 Å². The van der Waals surface area contributed by atoms with Gasteiger partial charge in [-0.2, -0.15) is 0 Å². The Hall–Kier alpha value is -3.40. The minimum absolute atomic E-state index is 0.250. The first-order chi connectivity index (χ1) is 14.2. The van der Waals surface area contributed by atoms with Crippen molar-refractivity contribution >= 4 is 28.8 Å². The monoisotopic (exact) mass is 397 g/mol. The van der Waals surface area contributed by atoms with Crippen LogP contribution < -0.4 is 10.6 Å². The lowest BCUT2D eigenvalue weighted by molar-refractivity contribution is 0.0705. The number of nitrogens with zero attached hydrogens (tertiary/aromatic N) is 5. The van der Waals surface area contributed by atoms with E-state index in [1.807, 2.05) is 24.3 Å². The zero-order chi connectivity index (χ0) is 20.2. The van der Waals surface area contributed by atoms with Crippen LogP contribution in [0, 0.1) is 0 Å². The fourth-order valence-electron chi connectivity index (χ4n) is 3.20. The highest BCUT2D eigenvalue weighted by Gasteiger charge is 2.24. The standard InChI is InChI=1S/C19H23N7O3/c1-28-10-11-29-19(27)26-8-6-25(7-9-26)15-12-21-17(20)16(24-15)18-22-13-4-2-3-5-14(13)23-18/h2-5,12H,6-11H2,1H3,(H2,20,21)(H,22,23). The number of hydrogen-bond acceptors (Lipinski definition) is 8. The molecule has 0 unspecified atom stereocenters. The molecule has 0 saturated carbocycles. The second-order valence-electron chi connectivity index (χ2n) is 6.65. The van der Waals surface area contributed by atoms with E-state index in [2.05, 4.69) is 24.8 Å². The maximum Gasteiger partial charge on any atom is 0.409 e. The third-order valence-corrected chi connectivity index (χ3v) is 4.78. The highest BCUT2D eigenvalue weighted by molar-refractivity contribution is 5.80. The minimum atomic E-state index is -0.326. The molecule has 0 atom stereocenters. The molecule has 10 heteroatoms. The first kappa shape index (κ1) is 18.9. The van der Waals surface area contributed by atoms with Crippen molar-refractivity contribution in [1.29, 1.82) is 0 Å². The Labute approximate surface area is 167 Å². The molecule has 3 heterocycles. The zero-order valence-electron chi connectivity index (χ0n) is 16.2.